The molecule has 140 valence electrons. The molecule has 5 heteroatoms. The number of piperidine rings is 1. The summed E-state index contributed by atoms with van der Waals surface area (Å²) in [6.45, 7) is 3.23. The molecule has 3 rings (SSSR count). The number of hydrogen-bond donors (Lipinski definition) is 1. The molecular weight excluding hydrogens is 343 g/mol. The van der Waals surface area contributed by atoms with E-state index in [4.69, 9.17) is 0 Å². The van der Waals surface area contributed by atoms with Crippen LogP contribution in [-0.4, -0.2) is 29.8 Å². The molecule has 1 N–H and O–H groups in total. The van der Waals surface area contributed by atoms with Gasteiger partial charge in [0, 0.05) is 24.2 Å². The summed E-state index contributed by atoms with van der Waals surface area (Å²) in [6, 6.07) is 13.3. The summed E-state index contributed by atoms with van der Waals surface area (Å²) in [5.41, 5.74) is 1.85. The summed E-state index contributed by atoms with van der Waals surface area (Å²) in [5.74, 6) is -1.10. The Labute approximate surface area is 158 Å². The number of benzene rings is 2. The molecular formula is C22H23FN2O2. The molecule has 1 aliphatic rings. The lowest BCUT2D eigenvalue weighted by Crippen LogP contribution is -2.41. The van der Waals surface area contributed by atoms with Gasteiger partial charge in [-0.25, -0.2) is 4.39 Å². The highest BCUT2D eigenvalue weighted by molar-refractivity contribution is 6.05. The van der Waals surface area contributed by atoms with Crippen LogP contribution in [0.4, 0.5) is 4.39 Å². The van der Waals surface area contributed by atoms with Gasteiger partial charge < -0.3 is 10.2 Å². The molecule has 0 saturated carbocycles. The molecule has 2 aromatic carbocycles. The molecule has 0 radical (unpaired) electrons. The van der Waals surface area contributed by atoms with Gasteiger partial charge >= 0.3 is 0 Å². The van der Waals surface area contributed by atoms with Crippen molar-refractivity contribution in [2.24, 2.45) is 0 Å². The number of aryl methyl sites for hydroxylation is 1. The SMILES string of the molecule is Cc1ccc(C(=O)NC(=Cc2ccccc2F)C(=O)N2CCCCC2)cc1. The molecule has 0 atom stereocenters. The smallest absolute Gasteiger partial charge is 0.270 e. The first-order valence-corrected chi connectivity index (χ1v) is 9.18. The zero-order valence-corrected chi connectivity index (χ0v) is 15.4. The molecule has 27 heavy (non-hydrogen) atoms. The maximum Gasteiger partial charge on any atom is 0.270 e. The zero-order chi connectivity index (χ0) is 19.2. The number of carbonyl (C=O) groups is 2. The van der Waals surface area contributed by atoms with Crippen LogP contribution in [0.3, 0.4) is 0 Å². The maximum absolute atomic E-state index is 14.1. The maximum atomic E-state index is 14.1. The minimum Gasteiger partial charge on any atom is -0.337 e. The highest BCUT2D eigenvalue weighted by atomic mass is 19.1. The predicted molar refractivity (Wildman–Crippen MR) is 103 cm³/mol. The Morgan fingerprint density at radius 1 is 1.00 bits per heavy atom. The number of likely N-dealkylation sites (tertiary alicyclic amines) is 1. The van der Waals surface area contributed by atoms with E-state index in [0.29, 0.717) is 18.7 Å². The third kappa shape index (κ3) is 4.82. The van der Waals surface area contributed by atoms with Crippen LogP contribution in [0.2, 0.25) is 0 Å². The topological polar surface area (TPSA) is 49.4 Å². The van der Waals surface area contributed by atoms with E-state index in [2.05, 4.69) is 5.32 Å². The average molecular weight is 366 g/mol. The molecule has 0 unspecified atom stereocenters. The van der Waals surface area contributed by atoms with Crippen molar-refractivity contribution in [1.82, 2.24) is 10.2 Å². The van der Waals surface area contributed by atoms with Crippen molar-refractivity contribution < 1.29 is 14.0 Å². The first-order valence-electron chi connectivity index (χ1n) is 9.18. The van der Waals surface area contributed by atoms with Crippen LogP contribution in [0.15, 0.2) is 54.2 Å². The second kappa shape index (κ2) is 8.62. The fraction of sp³-hybridized carbons (Fsp3) is 0.273. The Balaban J connectivity index is 1.89. The fourth-order valence-corrected chi connectivity index (χ4v) is 3.07. The van der Waals surface area contributed by atoms with Gasteiger partial charge in [0.05, 0.1) is 0 Å². The minimum atomic E-state index is -0.439. The van der Waals surface area contributed by atoms with Crippen molar-refractivity contribution in [3.63, 3.8) is 0 Å². The Morgan fingerprint density at radius 3 is 2.33 bits per heavy atom. The lowest BCUT2D eigenvalue weighted by Gasteiger charge is -2.27. The van der Waals surface area contributed by atoms with Crippen LogP contribution in [0.25, 0.3) is 6.08 Å². The van der Waals surface area contributed by atoms with Crippen LogP contribution in [0, 0.1) is 12.7 Å². The second-order valence-corrected chi connectivity index (χ2v) is 6.75. The van der Waals surface area contributed by atoms with Crippen molar-refractivity contribution in [1.29, 1.82) is 0 Å². The number of halogens is 1. The van der Waals surface area contributed by atoms with E-state index in [-0.39, 0.29) is 23.1 Å². The van der Waals surface area contributed by atoms with Gasteiger partial charge in [-0.05, 0) is 50.5 Å². The van der Waals surface area contributed by atoms with E-state index < -0.39 is 5.82 Å². The van der Waals surface area contributed by atoms with Crippen LogP contribution in [0.5, 0.6) is 0 Å². The summed E-state index contributed by atoms with van der Waals surface area (Å²) < 4.78 is 14.1. The summed E-state index contributed by atoms with van der Waals surface area (Å²) in [6.07, 6.45) is 4.37. The van der Waals surface area contributed by atoms with E-state index in [1.54, 1.807) is 35.2 Å². The van der Waals surface area contributed by atoms with E-state index in [1.807, 2.05) is 19.1 Å². The number of amides is 2. The summed E-state index contributed by atoms with van der Waals surface area (Å²) in [7, 11) is 0. The Kier molecular flexibility index (Phi) is 6.01. The molecule has 1 fully saturated rings. The second-order valence-electron chi connectivity index (χ2n) is 6.75. The summed E-state index contributed by atoms with van der Waals surface area (Å²) in [5, 5.41) is 2.69. The monoisotopic (exact) mass is 366 g/mol. The first kappa shape index (κ1) is 18.8. The van der Waals surface area contributed by atoms with Gasteiger partial charge in [-0.15, -0.1) is 0 Å². The van der Waals surface area contributed by atoms with Gasteiger partial charge in [-0.2, -0.15) is 0 Å². The molecule has 0 aromatic heterocycles. The van der Waals surface area contributed by atoms with Gasteiger partial charge in [0.15, 0.2) is 0 Å². The third-order valence-electron chi connectivity index (χ3n) is 4.64. The average Bonchev–Trinajstić information content (AvgIpc) is 2.69. The summed E-state index contributed by atoms with van der Waals surface area (Å²) >= 11 is 0. The molecule has 1 saturated heterocycles. The Bertz CT molecular complexity index is 853. The molecule has 0 spiro atoms. The number of nitrogens with one attached hydrogen (secondary N) is 1. The predicted octanol–water partition coefficient (Wildman–Crippen LogP) is 3.92. The van der Waals surface area contributed by atoms with Gasteiger partial charge in [-0.1, -0.05) is 35.9 Å². The van der Waals surface area contributed by atoms with Crippen LogP contribution < -0.4 is 5.32 Å². The molecule has 2 amide bonds. The lowest BCUT2D eigenvalue weighted by atomic mass is 10.1. The highest BCUT2D eigenvalue weighted by Crippen LogP contribution is 2.16. The minimum absolute atomic E-state index is 0.0903. The van der Waals surface area contributed by atoms with Crippen molar-refractivity contribution in [3.05, 3.63) is 76.7 Å². The van der Waals surface area contributed by atoms with Crippen molar-refractivity contribution in [3.8, 4) is 0 Å². The number of nitrogens with zero attached hydrogens (tertiary/aromatic N) is 1. The van der Waals surface area contributed by atoms with Crippen LogP contribution >= 0.6 is 0 Å². The first-order chi connectivity index (χ1) is 13.0. The van der Waals surface area contributed by atoms with Crippen LogP contribution in [-0.2, 0) is 4.79 Å². The highest BCUT2D eigenvalue weighted by Gasteiger charge is 2.22. The number of hydrogen-bond acceptors (Lipinski definition) is 2. The Morgan fingerprint density at radius 2 is 1.67 bits per heavy atom. The lowest BCUT2D eigenvalue weighted by molar-refractivity contribution is -0.128. The van der Waals surface area contributed by atoms with Gasteiger partial charge in [0.2, 0.25) is 0 Å². The van der Waals surface area contributed by atoms with Crippen molar-refractivity contribution in [2.75, 3.05) is 13.1 Å². The number of rotatable bonds is 4. The Hall–Kier alpha value is -2.95. The molecule has 0 aliphatic carbocycles. The number of carbonyl (C=O) groups excluding carboxylic acids is 2. The molecule has 1 heterocycles. The van der Waals surface area contributed by atoms with E-state index in [0.717, 1.165) is 24.8 Å². The quantitative estimate of drug-likeness (QED) is 0.834. The van der Waals surface area contributed by atoms with Gasteiger partial charge in [-0.3, -0.25) is 9.59 Å². The standard InChI is InChI=1S/C22H23FN2O2/c1-16-9-11-17(12-10-16)21(26)24-20(15-18-7-3-4-8-19(18)23)22(27)25-13-5-2-6-14-25/h3-4,7-12,15H,2,5-6,13-14H2,1H3,(H,24,26). The van der Waals surface area contributed by atoms with Gasteiger partial charge in [0.1, 0.15) is 11.5 Å². The molecule has 1 aliphatic heterocycles. The third-order valence-corrected chi connectivity index (χ3v) is 4.64. The zero-order valence-electron chi connectivity index (χ0n) is 15.4. The van der Waals surface area contributed by atoms with E-state index >= 15 is 0 Å². The normalized spacial score (nSPS) is 14.7. The largest absolute Gasteiger partial charge is 0.337 e. The van der Waals surface area contributed by atoms with E-state index in [9.17, 15) is 14.0 Å². The van der Waals surface area contributed by atoms with Crippen LogP contribution in [0.1, 0.15) is 40.7 Å². The summed E-state index contributed by atoms with van der Waals surface area (Å²) in [4.78, 5) is 27.3. The fourth-order valence-electron chi connectivity index (χ4n) is 3.07. The van der Waals surface area contributed by atoms with Crippen molar-refractivity contribution >= 4 is 17.9 Å². The molecule has 2 aromatic rings. The molecule has 4 nitrogen and oxygen atoms in total. The molecule has 0 bridgehead atoms. The van der Waals surface area contributed by atoms with Crippen molar-refractivity contribution in [2.45, 2.75) is 26.2 Å². The van der Waals surface area contributed by atoms with E-state index in [1.165, 1.54) is 12.1 Å². The van der Waals surface area contributed by atoms with Gasteiger partial charge in [0.25, 0.3) is 11.8 Å².